The van der Waals surface area contributed by atoms with Gasteiger partial charge in [0.15, 0.2) is 0 Å². The van der Waals surface area contributed by atoms with Crippen LogP contribution in [0.25, 0.3) is 10.9 Å². The fourth-order valence-corrected chi connectivity index (χ4v) is 3.93. The third kappa shape index (κ3) is 5.99. The zero-order valence-electron chi connectivity index (χ0n) is 19.9. The number of pyridine rings is 1. The number of halogens is 1. The van der Waals surface area contributed by atoms with Crippen molar-refractivity contribution < 1.29 is 9.18 Å². The Morgan fingerprint density at radius 2 is 1.79 bits per heavy atom. The quantitative estimate of drug-likeness (QED) is 0.477. The zero-order chi connectivity index (χ0) is 24.0. The average molecular weight is 453 g/mol. The number of carbonyl (C=O) groups excluding carboxylic acids is 1. The first-order valence-corrected chi connectivity index (χ1v) is 11.5. The van der Waals surface area contributed by atoms with Crippen molar-refractivity contribution in [2.45, 2.75) is 40.7 Å². The number of amides is 2. The van der Waals surface area contributed by atoms with E-state index in [1.165, 1.54) is 12.1 Å². The van der Waals surface area contributed by atoms with E-state index in [-0.39, 0.29) is 17.8 Å². The van der Waals surface area contributed by atoms with Gasteiger partial charge in [-0.15, -0.1) is 0 Å². The number of nitrogens with zero attached hydrogens (tertiary/aromatic N) is 2. The Morgan fingerprint density at radius 3 is 2.48 bits per heavy atom. The van der Waals surface area contributed by atoms with Gasteiger partial charge in [0.25, 0.3) is 5.56 Å². The molecule has 2 N–H and O–H groups in total. The number of nitrogens with one attached hydrogen (secondary N) is 2. The maximum absolute atomic E-state index is 14.1. The third-order valence-electron chi connectivity index (χ3n) is 6.19. The molecule has 0 fully saturated rings. The number of H-pyrrole nitrogens is 1. The molecule has 33 heavy (non-hydrogen) atoms. The topological polar surface area (TPSA) is 68.4 Å². The van der Waals surface area contributed by atoms with Crippen molar-refractivity contribution in [3.63, 3.8) is 0 Å². The number of aromatic amines is 1. The summed E-state index contributed by atoms with van der Waals surface area (Å²) in [5.41, 5.74) is 3.35. The maximum atomic E-state index is 14.1. The Morgan fingerprint density at radius 1 is 1.06 bits per heavy atom. The van der Waals surface area contributed by atoms with Gasteiger partial charge in [0.05, 0.1) is 17.7 Å². The molecule has 7 heteroatoms. The highest BCUT2D eigenvalue weighted by Gasteiger charge is 2.18. The molecule has 176 valence electrons. The molecule has 0 aliphatic rings. The van der Waals surface area contributed by atoms with Gasteiger partial charge in [0.1, 0.15) is 5.82 Å². The molecule has 0 aliphatic carbocycles. The number of urea groups is 1. The lowest BCUT2D eigenvalue weighted by Gasteiger charge is -2.25. The van der Waals surface area contributed by atoms with Crippen LogP contribution >= 0.6 is 0 Å². The molecular weight excluding hydrogens is 419 g/mol. The number of carbonyl (C=O) groups is 1. The van der Waals surface area contributed by atoms with E-state index in [9.17, 15) is 14.0 Å². The molecule has 0 bridgehead atoms. The van der Waals surface area contributed by atoms with Gasteiger partial charge in [0.2, 0.25) is 0 Å². The smallest absolute Gasteiger partial charge is 0.321 e. The van der Waals surface area contributed by atoms with Crippen molar-refractivity contribution in [1.82, 2.24) is 14.8 Å². The summed E-state index contributed by atoms with van der Waals surface area (Å²) in [6.45, 7) is 11.5. The molecule has 0 aliphatic heterocycles. The second-order valence-corrected chi connectivity index (χ2v) is 8.31. The van der Waals surface area contributed by atoms with E-state index in [0.717, 1.165) is 48.1 Å². The summed E-state index contributed by atoms with van der Waals surface area (Å²) < 4.78 is 14.1. The molecule has 2 aromatic carbocycles. The Labute approximate surface area is 194 Å². The van der Waals surface area contributed by atoms with Crippen molar-refractivity contribution in [3.8, 4) is 0 Å². The number of para-hydroxylation sites is 1. The largest absolute Gasteiger partial charge is 0.322 e. The minimum absolute atomic E-state index is 0.120. The highest BCUT2D eigenvalue weighted by atomic mass is 19.1. The predicted octanol–water partition coefficient (Wildman–Crippen LogP) is 5.05. The SMILES string of the molecule is CCN(CC)CCCN(Cc1cc2ccc(C)c(C)c2[nH]c1=O)C(=O)Nc1ccccc1F. The summed E-state index contributed by atoms with van der Waals surface area (Å²) >= 11 is 0. The summed E-state index contributed by atoms with van der Waals surface area (Å²) in [6.07, 6.45) is 0.746. The molecule has 2 amide bonds. The van der Waals surface area contributed by atoms with Crippen molar-refractivity contribution in [3.05, 3.63) is 75.3 Å². The van der Waals surface area contributed by atoms with E-state index < -0.39 is 11.8 Å². The molecular formula is C26H33FN4O2. The summed E-state index contributed by atoms with van der Waals surface area (Å²) in [6, 6.07) is 11.5. The van der Waals surface area contributed by atoms with Crippen LogP contribution in [-0.2, 0) is 6.54 Å². The summed E-state index contributed by atoms with van der Waals surface area (Å²) in [7, 11) is 0. The first-order valence-electron chi connectivity index (χ1n) is 11.5. The lowest BCUT2D eigenvalue weighted by atomic mass is 10.0. The Hall–Kier alpha value is -3.19. The predicted molar refractivity (Wildman–Crippen MR) is 132 cm³/mol. The van der Waals surface area contributed by atoms with E-state index in [2.05, 4.69) is 29.0 Å². The Balaban J connectivity index is 1.86. The van der Waals surface area contributed by atoms with Gasteiger partial charge in [0, 0.05) is 12.1 Å². The van der Waals surface area contributed by atoms with Crippen LogP contribution in [0, 0.1) is 19.7 Å². The van der Waals surface area contributed by atoms with Crippen molar-refractivity contribution in [2.75, 3.05) is 31.5 Å². The molecule has 3 rings (SSSR count). The van der Waals surface area contributed by atoms with Crippen LogP contribution in [0.4, 0.5) is 14.9 Å². The van der Waals surface area contributed by atoms with Crippen molar-refractivity contribution in [1.29, 1.82) is 0 Å². The van der Waals surface area contributed by atoms with Gasteiger partial charge in [-0.25, -0.2) is 9.18 Å². The number of aromatic nitrogens is 1. The van der Waals surface area contributed by atoms with Crippen LogP contribution in [0.1, 0.15) is 37.0 Å². The summed E-state index contributed by atoms with van der Waals surface area (Å²) in [4.78, 5) is 32.8. The fraction of sp³-hybridized carbons (Fsp3) is 0.385. The Kier molecular flexibility index (Phi) is 8.22. The number of rotatable bonds is 9. The number of aryl methyl sites for hydroxylation is 2. The first kappa shape index (κ1) is 24.5. The van der Waals surface area contributed by atoms with E-state index in [1.54, 1.807) is 17.0 Å². The molecule has 1 aromatic heterocycles. The molecule has 3 aromatic rings. The van der Waals surface area contributed by atoms with Crippen LogP contribution < -0.4 is 10.9 Å². The summed E-state index contributed by atoms with van der Waals surface area (Å²) in [5, 5.41) is 3.58. The standard InChI is InChI=1S/C26H33FN4O2/c1-5-30(6-2)14-9-15-31(26(33)28-23-11-8-7-10-22(23)27)17-21-16-20-13-12-18(3)19(4)24(20)29-25(21)32/h7-8,10-13,16H,5-6,9,14-15,17H2,1-4H3,(H,28,33)(H,29,32). The van der Waals surface area contributed by atoms with Crippen LogP contribution in [0.5, 0.6) is 0 Å². The minimum Gasteiger partial charge on any atom is -0.321 e. The van der Waals surface area contributed by atoms with Crippen LogP contribution in [0.2, 0.25) is 0 Å². The van der Waals surface area contributed by atoms with Gasteiger partial charge >= 0.3 is 6.03 Å². The summed E-state index contributed by atoms with van der Waals surface area (Å²) in [5.74, 6) is -0.497. The van der Waals surface area contributed by atoms with Crippen LogP contribution in [0.3, 0.4) is 0 Å². The number of fused-ring (bicyclic) bond motifs is 1. The van der Waals surface area contributed by atoms with Crippen LogP contribution in [0.15, 0.2) is 47.3 Å². The molecule has 0 spiro atoms. The third-order valence-corrected chi connectivity index (χ3v) is 6.19. The minimum atomic E-state index is -0.497. The molecule has 0 unspecified atom stereocenters. The second kappa shape index (κ2) is 11.1. The van der Waals surface area contributed by atoms with Gasteiger partial charge in [-0.1, -0.05) is 38.1 Å². The normalized spacial score (nSPS) is 11.2. The van der Waals surface area contributed by atoms with Crippen molar-refractivity contribution >= 4 is 22.6 Å². The second-order valence-electron chi connectivity index (χ2n) is 8.31. The van der Waals surface area contributed by atoms with Gasteiger partial charge in [-0.3, -0.25) is 4.79 Å². The molecule has 0 atom stereocenters. The fourth-order valence-electron chi connectivity index (χ4n) is 3.93. The first-order chi connectivity index (χ1) is 15.8. The highest BCUT2D eigenvalue weighted by Crippen LogP contribution is 2.20. The average Bonchev–Trinajstić information content (AvgIpc) is 2.80. The molecule has 0 saturated carbocycles. The lowest BCUT2D eigenvalue weighted by molar-refractivity contribution is 0.202. The van der Waals surface area contributed by atoms with E-state index in [0.29, 0.717) is 12.1 Å². The van der Waals surface area contributed by atoms with E-state index in [4.69, 9.17) is 0 Å². The van der Waals surface area contributed by atoms with E-state index in [1.807, 2.05) is 32.0 Å². The molecule has 0 saturated heterocycles. The molecule has 6 nitrogen and oxygen atoms in total. The number of hydrogen-bond acceptors (Lipinski definition) is 3. The van der Waals surface area contributed by atoms with E-state index >= 15 is 0 Å². The Bertz CT molecular complexity index is 1170. The molecule has 1 heterocycles. The number of hydrogen-bond donors (Lipinski definition) is 2. The van der Waals surface area contributed by atoms with Gasteiger partial charge < -0.3 is 20.1 Å². The number of benzene rings is 2. The van der Waals surface area contributed by atoms with Gasteiger partial charge in [-0.2, -0.15) is 0 Å². The number of anilines is 1. The maximum Gasteiger partial charge on any atom is 0.322 e. The molecule has 0 radical (unpaired) electrons. The van der Waals surface area contributed by atoms with Crippen LogP contribution in [-0.4, -0.2) is 47.0 Å². The zero-order valence-corrected chi connectivity index (χ0v) is 19.9. The monoisotopic (exact) mass is 452 g/mol. The lowest BCUT2D eigenvalue weighted by Crippen LogP contribution is -2.38. The van der Waals surface area contributed by atoms with Crippen molar-refractivity contribution in [2.24, 2.45) is 0 Å². The highest BCUT2D eigenvalue weighted by molar-refractivity contribution is 5.89. The van der Waals surface area contributed by atoms with Gasteiger partial charge in [-0.05, 0) is 74.6 Å².